The number of nitrogens with one attached hydrogen (secondary N) is 2. The van der Waals surface area contributed by atoms with E-state index >= 15 is 0 Å². The number of carbonyl (C=O) groups is 1. The van der Waals surface area contributed by atoms with Crippen LogP contribution in [0.25, 0.3) is 0 Å². The molecular weight excluding hydrogens is 310 g/mol. The number of aromatic amines is 1. The van der Waals surface area contributed by atoms with Gasteiger partial charge in [0.25, 0.3) is 5.91 Å². The second-order valence-electron chi connectivity index (χ2n) is 3.41. The molecule has 0 bridgehead atoms. The summed E-state index contributed by atoms with van der Waals surface area (Å²) in [7, 11) is 0. The Morgan fingerprint density at radius 2 is 2.11 bits per heavy atom. The molecule has 1 aromatic heterocycles. The lowest BCUT2D eigenvalue weighted by Crippen LogP contribution is -2.14. The number of amides is 1. The van der Waals surface area contributed by atoms with Gasteiger partial charge in [0, 0.05) is 16.6 Å². The highest BCUT2D eigenvalue weighted by Gasteiger charge is 2.15. The summed E-state index contributed by atoms with van der Waals surface area (Å²) in [6, 6.07) is 3.01. The van der Waals surface area contributed by atoms with E-state index in [-0.39, 0.29) is 21.7 Å². The first-order valence-corrected chi connectivity index (χ1v) is 5.53. The number of hydrogen-bond acceptors (Lipinski definition) is 3. The van der Waals surface area contributed by atoms with Crippen LogP contribution in [0.1, 0.15) is 10.5 Å². The Balaban J connectivity index is 2.27. The molecule has 0 spiro atoms. The average Bonchev–Trinajstić information content (AvgIpc) is 2.70. The molecule has 0 atom stereocenters. The van der Waals surface area contributed by atoms with E-state index in [0.717, 1.165) is 6.07 Å². The van der Waals surface area contributed by atoms with Crippen LogP contribution >= 0.6 is 15.9 Å². The predicted molar refractivity (Wildman–Crippen MR) is 65.0 cm³/mol. The summed E-state index contributed by atoms with van der Waals surface area (Å²) in [6.45, 7) is 0. The third kappa shape index (κ3) is 2.48. The monoisotopic (exact) mass is 316 g/mol. The molecule has 5 nitrogen and oxygen atoms in total. The number of carbonyl (C=O) groups excluding carboxylic acids is 1. The van der Waals surface area contributed by atoms with E-state index in [4.69, 9.17) is 5.73 Å². The number of H-pyrrole nitrogens is 1. The van der Waals surface area contributed by atoms with E-state index in [1.54, 1.807) is 0 Å². The standard InChI is InChI=1S/C10H7BrF2N4O/c11-5-1-4(12)2-6(13)9(5)15-10(18)7-3-8(14)17-16-7/h1-3H,(H,15,18)(H3,14,16,17). The van der Waals surface area contributed by atoms with E-state index in [0.29, 0.717) is 6.07 Å². The number of benzene rings is 1. The van der Waals surface area contributed by atoms with Gasteiger partial charge in [-0.3, -0.25) is 9.89 Å². The van der Waals surface area contributed by atoms with Gasteiger partial charge < -0.3 is 11.1 Å². The number of nitrogen functional groups attached to an aromatic ring is 1. The van der Waals surface area contributed by atoms with E-state index in [1.807, 2.05) is 0 Å². The molecule has 94 valence electrons. The second-order valence-corrected chi connectivity index (χ2v) is 4.26. The van der Waals surface area contributed by atoms with Crippen molar-refractivity contribution in [2.24, 2.45) is 0 Å². The Labute approximate surface area is 109 Å². The van der Waals surface area contributed by atoms with Crippen LogP contribution in [0.2, 0.25) is 0 Å². The summed E-state index contributed by atoms with van der Waals surface area (Å²) >= 11 is 2.96. The van der Waals surface area contributed by atoms with Crippen molar-refractivity contribution in [3.63, 3.8) is 0 Å². The Morgan fingerprint density at radius 3 is 2.67 bits per heavy atom. The Kier molecular flexibility index (Phi) is 3.28. The molecule has 1 amide bonds. The van der Waals surface area contributed by atoms with Crippen LogP contribution in [-0.4, -0.2) is 16.1 Å². The highest BCUT2D eigenvalue weighted by molar-refractivity contribution is 9.10. The smallest absolute Gasteiger partial charge is 0.273 e. The van der Waals surface area contributed by atoms with Crippen LogP contribution in [0.15, 0.2) is 22.7 Å². The number of rotatable bonds is 2. The van der Waals surface area contributed by atoms with Crippen LogP contribution in [0.4, 0.5) is 20.3 Å². The molecule has 4 N–H and O–H groups in total. The van der Waals surface area contributed by atoms with E-state index < -0.39 is 17.5 Å². The van der Waals surface area contributed by atoms with Crippen LogP contribution in [0, 0.1) is 11.6 Å². The maximum Gasteiger partial charge on any atom is 0.273 e. The van der Waals surface area contributed by atoms with E-state index in [9.17, 15) is 13.6 Å². The van der Waals surface area contributed by atoms with Gasteiger partial charge in [-0.1, -0.05) is 0 Å². The Morgan fingerprint density at radius 1 is 1.39 bits per heavy atom. The molecule has 0 aliphatic carbocycles. The summed E-state index contributed by atoms with van der Waals surface area (Å²) in [5.74, 6) is -2.13. The van der Waals surface area contributed by atoms with Crippen molar-refractivity contribution in [3.05, 3.63) is 40.0 Å². The summed E-state index contributed by atoms with van der Waals surface area (Å²) < 4.78 is 26.4. The van der Waals surface area contributed by atoms with Crippen molar-refractivity contribution in [3.8, 4) is 0 Å². The van der Waals surface area contributed by atoms with Gasteiger partial charge in [0.05, 0.1) is 5.69 Å². The lowest BCUT2D eigenvalue weighted by molar-refractivity contribution is 0.102. The van der Waals surface area contributed by atoms with Crippen molar-refractivity contribution in [1.82, 2.24) is 10.2 Å². The molecular formula is C10H7BrF2N4O. The third-order valence-corrected chi connectivity index (χ3v) is 2.71. The molecule has 0 fully saturated rings. The van der Waals surface area contributed by atoms with Crippen molar-refractivity contribution in [2.75, 3.05) is 11.1 Å². The number of nitrogens with two attached hydrogens (primary N) is 1. The first-order chi connectivity index (χ1) is 8.47. The summed E-state index contributed by atoms with van der Waals surface area (Å²) in [5, 5.41) is 8.22. The molecule has 2 aromatic rings. The maximum atomic E-state index is 13.5. The number of halogens is 3. The summed E-state index contributed by atoms with van der Waals surface area (Å²) in [5.41, 5.74) is 5.25. The van der Waals surface area contributed by atoms with Crippen molar-refractivity contribution < 1.29 is 13.6 Å². The number of anilines is 2. The second kappa shape index (κ2) is 4.73. The van der Waals surface area contributed by atoms with Gasteiger partial charge in [-0.2, -0.15) is 5.10 Å². The van der Waals surface area contributed by atoms with Crippen LogP contribution in [0.5, 0.6) is 0 Å². The highest BCUT2D eigenvalue weighted by atomic mass is 79.9. The molecule has 0 saturated heterocycles. The van der Waals surface area contributed by atoms with E-state index in [2.05, 4.69) is 31.4 Å². The fraction of sp³-hybridized carbons (Fsp3) is 0. The molecule has 0 radical (unpaired) electrons. The molecule has 2 rings (SSSR count). The number of nitrogens with zero attached hydrogens (tertiary/aromatic N) is 1. The normalized spacial score (nSPS) is 10.4. The zero-order valence-corrected chi connectivity index (χ0v) is 10.4. The molecule has 0 unspecified atom stereocenters. The van der Waals surface area contributed by atoms with Crippen molar-refractivity contribution in [2.45, 2.75) is 0 Å². The Hall–Kier alpha value is -1.96. The average molecular weight is 317 g/mol. The maximum absolute atomic E-state index is 13.5. The molecule has 18 heavy (non-hydrogen) atoms. The highest BCUT2D eigenvalue weighted by Crippen LogP contribution is 2.27. The lowest BCUT2D eigenvalue weighted by atomic mass is 10.3. The van der Waals surface area contributed by atoms with Gasteiger partial charge >= 0.3 is 0 Å². The van der Waals surface area contributed by atoms with Crippen LogP contribution < -0.4 is 11.1 Å². The first-order valence-electron chi connectivity index (χ1n) is 4.74. The van der Waals surface area contributed by atoms with Gasteiger partial charge in [0.15, 0.2) is 5.82 Å². The van der Waals surface area contributed by atoms with Crippen molar-refractivity contribution >= 4 is 33.3 Å². The van der Waals surface area contributed by atoms with Gasteiger partial charge in [0.2, 0.25) is 0 Å². The SMILES string of the molecule is Nc1cc(C(=O)Nc2c(F)cc(F)cc2Br)[nH]n1. The zero-order valence-electron chi connectivity index (χ0n) is 8.80. The summed E-state index contributed by atoms with van der Waals surface area (Å²) in [6.07, 6.45) is 0. The summed E-state index contributed by atoms with van der Waals surface area (Å²) in [4.78, 5) is 11.7. The third-order valence-electron chi connectivity index (χ3n) is 2.09. The predicted octanol–water partition coefficient (Wildman–Crippen LogP) is 2.28. The molecule has 1 aromatic carbocycles. The van der Waals surface area contributed by atoms with Crippen LogP contribution in [-0.2, 0) is 0 Å². The first kappa shape index (κ1) is 12.5. The van der Waals surface area contributed by atoms with Gasteiger partial charge in [-0.15, -0.1) is 0 Å². The largest absolute Gasteiger partial charge is 0.382 e. The van der Waals surface area contributed by atoms with Gasteiger partial charge in [0.1, 0.15) is 17.3 Å². The van der Waals surface area contributed by atoms with Gasteiger partial charge in [-0.05, 0) is 22.0 Å². The topological polar surface area (TPSA) is 83.8 Å². The number of hydrogen-bond donors (Lipinski definition) is 3. The minimum absolute atomic E-state index is 0.0723. The lowest BCUT2D eigenvalue weighted by Gasteiger charge is -2.07. The zero-order chi connectivity index (χ0) is 13.3. The quantitative estimate of drug-likeness (QED) is 0.794. The molecule has 0 saturated carbocycles. The fourth-order valence-corrected chi connectivity index (χ4v) is 1.80. The van der Waals surface area contributed by atoms with E-state index in [1.165, 1.54) is 6.07 Å². The van der Waals surface area contributed by atoms with Crippen molar-refractivity contribution in [1.29, 1.82) is 0 Å². The number of aromatic nitrogens is 2. The molecule has 8 heteroatoms. The molecule has 1 heterocycles. The minimum atomic E-state index is -0.886. The van der Waals surface area contributed by atoms with Crippen LogP contribution in [0.3, 0.4) is 0 Å². The Bertz CT molecular complexity index is 591. The minimum Gasteiger partial charge on any atom is -0.382 e. The fourth-order valence-electron chi connectivity index (χ4n) is 1.30. The van der Waals surface area contributed by atoms with Gasteiger partial charge in [-0.25, -0.2) is 8.78 Å². The molecule has 0 aliphatic rings. The molecule has 0 aliphatic heterocycles.